The fraction of sp³-hybridized carbons (Fsp3) is 0.942. The summed E-state index contributed by atoms with van der Waals surface area (Å²) < 4.78 is 39.3. The number of aliphatic hydroxyl groups is 1. The van der Waals surface area contributed by atoms with Crippen molar-refractivity contribution in [3.8, 4) is 0 Å². The molecule has 0 saturated carbocycles. The predicted octanol–water partition coefficient (Wildman–Crippen LogP) is 15.1. The Morgan fingerprint density at radius 3 is 0.922 bits per heavy atom. The highest BCUT2D eigenvalue weighted by atomic mass is 31.2. The molecule has 0 aromatic heterocycles. The standard InChI is InChI=1S/C52H101O11P/c1-4-7-10-13-16-19-21-23-24-26-28-31-34-37-40-43-52(56)63-49(45-59-50(54)41-38-35-32-30-27-25-22-20-17-14-11-8-5-2)47-61-64(57,58)60-46-48(44-53)62-51(55)42-39-36-33-29-18-15-12-9-6-3/h48-49,53H,4-47H2,1-3H3,(H,57,58). The second-order valence-electron chi connectivity index (χ2n) is 18.4. The smallest absolute Gasteiger partial charge is 0.462 e. The maximum Gasteiger partial charge on any atom is 0.472 e. The minimum Gasteiger partial charge on any atom is -0.462 e. The van der Waals surface area contributed by atoms with E-state index in [0.717, 1.165) is 57.8 Å². The molecule has 0 amide bonds. The molecule has 0 radical (unpaired) electrons. The number of phosphoric acid groups is 1. The number of esters is 3. The molecule has 0 saturated heterocycles. The van der Waals surface area contributed by atoms with Gasteiger partial charge in [0.05, 0.1) is 19.8 Å². The van der Waals surface area contributed by atoms with Gasteiger partial charge in [-0.25, -0.2) is 4.57 Å². The lowest BCUT2D eigenvalue weighted by Crippen LogP contribution is -2.30. The average Bonchev–Trinajstić information content (AvgIpc) is 3.28. The van der Waals surface area contributed by atoms with Crippen LogP contribution in [0.1, 0.15) is 278 Å². The lowest BCUT2D eigenvalue weighted by molar-refractivity contribution is -0.161. The van der Waals surface area contributed by atoms with E-state index < -0.39 is 57.8 Å². The lowest BCUT2D eigenvalue weighted by Gasteiger charge is -2.21. The highest BCUT2D eigenvalue weighted by Gasteiger charge is 2.28. The van der Waals surface area contributed by atoms with Gasteiger partial charge in [-0.05, 0) is 19.3 Å². The summed E-state index contributed by atoms with van der Waals surface area (Å²) in [6, 6.07) is 0. The Labute approximate surface area is 393 Å². The van der Waals surface area contributed by atoms with Crippen molar-refractivity contribution in [2.75, 3.05) is 26.4 Å². The van der Waals surface area contributed by atoms with E-state index in [2.05, 4.69) is 20.8 Å². The van der Waals surface area contributed by atoms with Crippen LogP contribution in [0, 0.1) is 0 Å². The lowest BCUT2D eigenvalue weighted by atomic mass is 10.0. The zero-order chi connectivity index (χ0) is 47.0. The molecule has 2 N–H and O–H groups in total. The molecule has 12 heteroatoms. The maximum atomic E-state index is 12.8. The van der Waals surface area contributed by atoms with E-state index in [0.29, 0.717) is 19.3 Å². The average molecular weight is 933 g/mol. The van der Waals surface area contributed by atoms with Crippen LogP contribution in [0.5, 0.6) is 0 Å². The van der Waals surface area contributed by atoms with Crippen molar-refractivity contribution in [3.63, 3.8) is 0 Å². The Bertz CT molecular complexity index is 1090. The van der Waals surface area contributed by atoms with Crippen LogP contribution in [-0.2, 0) is 42.2 Å². The van der Waals surface area contributed by atoms with Gasteiger partial charge in [0.15, 0.2) is 6.10 Å². The Balaban J connectivity index is 4.69. The molecule has 3 atom stereocenters. The Morgan fingerprint density at radius 2 is 0.625 bits per heavy atom. The molecule has 0 aliphatic heterocycles. The molecule has 0 aliphatic rings. The first-order valence-electron chi connectivity index (χ1n) is 26.9. The van der Waals surface area contributed by atoms with E-state index >= 15 is 0 Å². The van der Waals surface area contributed by atoms with Crippen molar-refractivity contribution < 1.29 is 52.2 Å². The first-order valence-corrected chi connectivity index (χ1v) is 28.4. The van der Waals surface area contributed by atoms with E-state index in [4.69, 9.17) is 23.3 Å². The Kier molecular flexibility index (Phi) is 46.8. The van der Waals surface area contributed by atoms with E-state index in [1.165, 1.54) is 161 Å². The number of hydrogen-bond donors (Lipinski definition) is 2. The van der Waals surface area contributed by atoms with E-state index in [-0.39, 0.29) is 25.9 Å². The number of carbonyl (C=O) groups is 3. The van der Waals surface area contributed by atoms with Crippen molar-refractivity contribution in [1.29, 1.82) is 0 Å². The molecule has 0 heterocycles. The first kappa shape index (κ1) is 62.5. The van der Waals surface area contributed by atoms with Gasteiger partial charge in [-0.15, -0.1) is 0 Å². The maximum absolute atomic E-state index is 12.8. The number of aliphatic hydroxyl groups excluding tert-OH is 1. The molecule has 380 valence electrons. The fourth-order valence-electron chi connectivity index (χ4n) is 7.89. The van der Waals surface area contributed by atoms with E-state index in [9.17, 15) is 28.9 Å². The van der Waals surface area contributed by atoms with Gasteiger partial charge in [0.2, 0.25) is 0 Å². The molecule has 3 unspecified atom stereocenters. The zero-order valence-corrected chi connectivity index (χ0v) is 42.7. The summed E-state index contributed by atoms with van der Waals surface area (Å²) in [4.78, 5) is 48.2. The second kappa shape index (κ2) is 48.0. The molecular formula is C52H101O11P. The molecular weight excluding hydrogens is 832 g/mol. The molecule has 0 aliphatic carbocycles. The van der Waals surface area contributed by atoms with Gasteiger partial charge in [0, 0.05) is 19.3 Å². The highest BCUT2D eigenvalue weighted by Crippen LogP contribution is 2.43. The highest BCUT2D eigenvalue weighted by molar-refractivity contribution is 7.47. The molecule has 0 aromatic rings. The number of rotatable bonds is 51. The predicted molar refractivity (Wildman–Crippen MR) is 261 cm³/mol. The van der Waals surface area contributed by atoms with Crippen LogP contribution < -0.4 is 0 Å². The van der Waals surface area contributed by atoms with E-state index in [1.807, 2.05) is 0 Å². The van der Waals surface area contributed by atoms with Crippen molar-refractivity contribution in [3.05, 3.63) is 0 Å². The summed E-state index contributed by atoms with van der Waals surface area (Å²) in [5, 5.41) is 9.74. The van der Waals surface area contributed by atoms with Crippen molar-refractivity contribution >= 4 is 25.7 Å². The molecule has 0 fully saturated rings. The number of unbranched alkanes of at least 4 members (excludes halogenated alkanes) is 34. The van der Waals surface area contributed by atoms with Crippen molar-refractivity contribution in [2.24, 2.45) is 0 Å². The minimum absolute atomic E-state index is 0.178. The normalized spacial score (nSPS) is 13.4. The van der Waals surface area contributed by atoms with Crippen LogP contribution in [0.4, 0.5) is 0 Å². The first-order chi connectivity index (χ1) is 31.2. The fourth-order valence-corrected chi connectivity index (χ4v) is 8.67. The summed E-state index contributed by atoms with van der Waals surface area (Å²) in [5.74, 6) is -1.44. The monoisotopic (exact) mass is 933 g/mol. The second-order valence-corrected chi connectivity index (χ2v) is 19.9. The Hall–Kier alpha value is -1.52. The number of hydrogen-bond acceptors (Lipinski definition) is 10. The molecule has 0 bridgehead atoms. The molecule has 0 aromatic carbocycles. The topological polar surface area (TPSA) is 155 Å². The SMILES string of the molecule is CCCCCCCCCCCCCCCCCC(=O)OC(COC(=O)CCCCCCCCCCCCCCC)COP(=O)(O)OCC(CO)OC(=O)CCCCCCCCCCC. The van der Waals surface area contributed by atoms with Crippen molar-refractivity contribution in [2.45, 2.75) is 290 Å². The largest absolute Gasteiger partial charge is 0.472 e. The Morgan fingerprint density at radius 1 is 0.375 bits per heavy atom. The zero-order valence-electron chi connectivity index (χ0n) is 41.8. The van der Waals surface area contributed by atoms with Gasteiger partial charge in [-0.1, -0.05) is 239 Å². The van der Waals surface area contributed by atoms with Gasteiger partial charge in [0.1, 0.15) is 12.7 Å². The summed E-state index contributed by atoms with van der Waals surface area (Å²) in [6.45, 7) is 4.66. The van der Waals surface area contributed by atoms with Crippen LogP contribution >= 0.6 is 7.82 Å². The number of phosphoric ester groups is 1. The van der Waals surface area contributed by atoms with Gasteiger partial charge >= 0.3 is 25.7 Å². The van der Waals surface area contributed by atoms with Gasteiger partial charge in [-0.3, -0.25) is 23.4 Å². The third-order valence-corrected chi connectivity index (χ3v) is 13.0. The molecule has 11 nitrogen and oxygen atoms in total. The van der Waals surface area contributed by atoms with Gasteiger partial charge < -0.3 is 24.2 Å². The summed E-state index contributed by atoms with van der Waals surface area (Å²) in [7, 11) is -4.72. The summed E-state index contributed by atoms with van der Waals surface area (Å²) in [6.07, 6.45) is 42.1. The number of carbonyl (C=O) groups excluding carboxylic acids is 3. The third-order valence-electron chi connectivity index (χ3n) is 12.0. The van der Waals surface area contributed by atoms with Gasteiger partial charge in [-0.2, -0.15) is 0 Å². The third kappa shape index (κ3) is 45.6. The van der Waals surface area contributed by atoms with Crippen LogP contribution in [-0.4, -0.2) is 66.5 Å². The quantitative estimate of drug-likeness (QED) is 0.0259. The van der Waals surface area contributed by atoms with Crippen LogP contribution in [0.15, 0.2) is 0 Å². The van der Waals surface area contributed by atoms with Crippen LogP contribution in [0.3, 0.4) is 0 Å². The van der Waals surface area contributed by atoms with Crippen molar-refractivity contribution in [1.82, 2.24) is 0 Å². The minimum atomic E-state index is -4.72. The van der Waals surface area contributed by atoms with Crippen LogP contribution in [0.25, 0.3) is 0 Å². The van der Waals surface area contributed by atoms with E-state index in [1.54, 1.807) is 0 Å². The molecule has 0 rings (SSSR count). The van der Waals surface area contributed by atoms with Gasteiger partial charge in [0.25, 0.3) is 0 Å². The molecule has 0 spiro atoms. The van der Waals surface area contributed by atoms with Crippen LogP contribution in [0.2, 0.25) is 0 Å². The molecule has 64 heavy (non-hydrogen) atoms. The summed E-state index contributed by atoms with van der Waals surface area (Å²) in [5.41, 5.74) is 0. The number of ether oxygens (including phenoxy) is 3. The summed E-state index contributed by atoms with van der Waals surface area (Å²) >= 11 is 0.